The molecule has 0 saturated heterocycles. The molecule has 2 rings (SSSR count). The van der Waals surface area contributed by atoms with E-state index in [2.05, 4.69) is 16.0 Å². The second kappa shape index (κ2) is 8.12. The van der Waals surface area contributed by atoms with Gasteiger partial charge in [-0.3, -0.25) is 4.90 Å². The van der Waals surface area contributed by atoms with Crippen molar-refractivity contribution in [2.75, 3.05) is 6.54 Å². The zero-order valence-corrected chi connectivity index (χ0v) is 14.2. The van der Waals surface area contributed by atoms with Gasteiger partial charge in [0.25, 0.3) is 0 Å². The summed E-state index contributed by atoms with van der Waals surface area (Å²) in [6.45, 7) is 4.12. The number of aromatic hydroxyl groups is 1. The number of nitrogens with zero attached hydrogens (tertiary/aromatic N) is 1. The largest absolute Gasteiger partial charge is 0.508 e. The SMILES string of the molecule is CCCN(Cc1ccc(OS(=O)(=O)F)cc1)Cc1ccccc1O. The van der Waals surface area contributed by atoms with E-state index in [0.717, 1.165) is 24.1 Å². The first-order valence-electron chi connectivity index (χ1n) is 7.59. The molecule has 130 valence electrons. The molecule has 7 heteroatoms. The van der Waals surface area contributed by atoms with Crippen LogP contribution in [0.4, 0.5) is 3.89 Å². The van der Waals surface area contributed by atoms with E-state index in [1.54, 1.807) is 24.3 Å². The van der Waals surface area contributed by atoms with Crippen molar-refractivity contribution in [3.63, 3.8) is 0 Å². The van der Waals surface area contributed by atoms with Crippen molar-refractivity contribution in [3.8, 4) is 11.5 Å². The fourth-order valence-electron chi connectivity index (χ4n) is 2.44. The summed E-state index contributed by atoms with van der Waals surface area (Å²) < 4.78 is 37.6. The number of benzene rings is 2. The second-order valence-electron chi connectivity index (χ2n) is 5.46. The van der Waals surface area contributed by atoms with Crippen molar-refractivity contribution >= 4 is 10.5 Å². The van der Waals surface area contributed by atoms with Crippen molar-refractivity contribution < 1.29 is 21.6 Å². The van der Waals surface area contributed by atoms with Crippen molar-refractivity contribution in [2.45, 2.75) is 26.4 Å². The maximum Gasteiger partial charge on any atom is 0.488 e. The Balaban J connectivity index is 2.06. The summed E-state index contributed by atoms with van der Waals surface area (Å²) in [5, 5.41) is 9.90. The molecule has 0 unspecified atom stereocenters. The van der Waals surface area contributed by atoms with Gasteiger partial charge in [-0.05, 0) is 36.7 Å². The fraction of sp³-hybridized carbons (Fsp3) is 0.294. The van der Waals surface area contributed by atoms with Crippen LogP contribution in [0.1, 0.15) is 24.5 Å². The minimum Gasteiger partial charge on any atom is -0.508 e. The molecule has 24 heavy (non-hydrogen) atoms. The lowest BCUT2D eigenvalue weighted by Gasteiger charge is -2.22. The number of para-hydroxylation sites is 1. The van der Waals surface area contributed by atoms with Crippen LogP contribution in [0, 0.1) is 0 Å². The van der Waals surface area contributed by atoms with Crippen LogP contribution in [0.3, 0.4) is 0 Å². The lowest BCUT2D eigenvalue weighted by molar-refractivity contribution is 0.253. The smallest absolute Gasteiger partial charge is 0.488 e. The van der Waals surface area contributed by atoms with Gasteiger partial charge in [0.2, 0.25) is 0 Å². The van der Waals surface area contributed by atoms with Crippen LogP contribution in [0.2, 0.25) is 0 Å². The molecule has 0 amide bonds. The number of phenolic OH excluding ortho intramolecular Hbond substituents is 1. The molecule has 0 fully saturated rings. The summed E-state index contributed by atoms with van der Waals surface area (Å²) >= 11 is 0. The Kier molecular flexibility index (Phi) is 6.16. The summed E-state index contributed by atoms with van der Waals surface area (Å²) in [5.74, 6) is 0.194. The molecule has 0 heterocycles. The summed E-state index contributed by atoms with van der Waals surface area (Å²) in [5.41, 5.74) is 1.77. The van der Waals surface area contributed by atoms with Gasteiger partial charge < -0.3 is 9.29 Å². The average molecular weight is 353 g/mol. The lowest BCUT2D eigenvalue weighted by Crippen LogP contribution is -2.23. The van der Waals surface area contributed by atoms with Crippen LogP contribution in [-0.2, 0) is 23.6 Å². The Labute approximate surface area is 141 Å². The summed E-state index contributed by atoms with van der Waals surface area (Å²) in [6, 6.07) is 13.4. The molecular weight excluding hydrogens is 333 g/mol. The normalized spacial score (nSPS) is 11.6. The Hall–Kier alpha value is -2.12. The minimum atomic E-state index is -5.01. The summed E-state index contributed by atoms with van der Waals surface area (Å²) in [4.78, 5) is 2.16. The predicted octanol–water partition coefficient (Wildman–Crippen LogP) is 3.40. The molecule has 2 aromatic carbocycles. The van der Waals surface area contributed by atoms with Crippen LogP contribution < -0.4 is 4.18 Å². The fourth-order valence-corrected chi connectivity index (χ4v) is 2.78. The van der Waals surface area contributed by atoms with E-state index in [0.29, 0.717) is 13.1 Å². The van der Waals surface area contributed by atoms with Gasteiger partial charge in [0.1, 0.15) is 11.5 Å². The number of hydrogen-bond donors (Lipinski definition) is 1. The summed E-state index contributed by atoms with van der Waals surface area (Å²) in [6.07, 6.45) is 0.953. The Morgan fingerprint density at radius 1 is 1.08 bits per heavy atom. The monoisotopic (exact) mass is 353 g/mol. The molecule has 0 aliphatic rings. The highest BCUT2D eigenvalue weighted by atomic mass is 32.3. The topological polar surface area (TPSA) is 66.8 Å². The molecule has 0 radical (unpaired) electrons. The molecule has 0 spiro atoms. The van der Waals surface area contributed by atoms with Gasteiger partial charge in [-0.1, -0.05) is 41.1 Å². The van der Waals surface area contributed by atoms with Gasteiger partial charge in [0.05, 0.1) is 0 Å². The first-order chi connectivity index (χ1) is 11.4. The van der Waals surface area contributed by atoms with Gasteiger partial charge in [-0.2, -0.15) is 8.42 Å². The Bertz CT molecular complexity index is 762. The third-order valence-electron chi connectivity index (χ3n) is 3.45. The third kappa shape index (κ3) is 5.82. The van der Waals surface area contributed by atoms with E-state index in [1.165, 1.54) is 12.1 Å². The van der Waals surface area contributed by atoms with Crippen molar-refractivity contribution in [1.82, 2.24) is 4.90 Å². The number of hydrogen-bond acceptors (Lipinski definition) is 5. The van der Waals surface area contributed by atoms with Crippen molar-refractivity contribution in [2.24, 2.45) is 0 Å². The zero-order chi connectivity index (χ0) is 17.6. The molecule has 2 aromatic rings. The maximum absolute atomic E-state index is 12.5. The predicted molar refractivity (Wildman–Crippen MR) is 89.6 cm³/mol. The minimum absolute atomic E-state index is 0.0657. The number of rotatable bonds is 8. The van der Waals surface area contributed by atoms with Crippen LogP contribution in [0.15, 0.2) is 48.5 Å². The lowest BCUT2D eigenvalue weighted by atomic mass is 10.1. The zero-order valence-electron chi connectivity index (χ0n) is 13.4. The molecule has 0 aliphatic heterocycles. The molecule has 0 aromatic heterocycles. The van der Waals surface area contributed by atoms with Crippen molar-refractivity contribution in [3.05, 3.63) is 59.7 Å². The highest BCUT2D eigenvalue weighted by Crippen LogP contribution is 2.20. The molecule has 5 nitrogen and oxygen atoms in total. The van der Waals surface area contributed by atoms with Gasteiger partial charge in [-0.15, -0.1) is 0 Å². The van der Waals surface area contributed by atoms with Crippen LogP contribution in [-0.4, -0.2) is 25.0 Å². The van der Waals surface area contributed by atoms with Gasteiger partial charge in [0, 0.05) is 18.7 Å². The van der Waals surface area contributed by atoms with E-state index < -0.39 is 10.5 Å². The maximum atomic E-state index is 12.5. The second-order valence-corrected chi connectivity index (χ2v) is 6.41. The van der Waals surface area contributed by atoms with E-state index in [-0.39, 0.29) is 11.5 Å². The molecule has 0 aliphatic carbocycles. The van der Waals surface area contributed by atoms with Crippen LogP contribution in [0.25, 0.3) is 0 Å². The van der Waals surface area contributed by atoms with Crippen molar-refractivity contribution in [1.29, 1.82) is 0 Å². The average Bonchev–Trinajstić information content (AvgIpc) is 2.50. The first kappa shape index (κ1) is 18.2. The molecular formula is C17H20FNO4S. The van der Waals surface area contributed by atoms with E-state index in [1.807, 2.05) is 12.1 Å². The Morgan fingerprint density at radius 2 is 1.75 bits per heavy atom. The molecule has 0 atom stereocenters. The Morgan fingerprint density at radius 3 is 2.33 bits per heavy atom. The number of halogens is 1. The van der Waals surface area contributed by atoms with Gasteiger partial charge >= 0.3 is 10.5 Å². The van der Waals surface area contributed by atoms with E-state index in [9.17, 15) is 17.4 Å². The van der Waals surface area contributed by atoms with Crippen LogP contribution >= 0.6 is 0 Å². The standard InChI is InChI=1S/C17H20FNO4S/c1-2-11-19(13-15-5-3-4-6-17(15)20)12-14-7-9-16(10-8-14)23-24(18,21)22/h3-10,20H,2,11-13H2,1H3. The quantitative estimate of drug-likeness (QED) is 0.737. The highest BCUT2D eigenvalue weighted by molar-refractivity contribution is 7.81. The number of phenols is 1. The van der Waals surface area contributed by atoms with Gasteiger partial charge in [-0.25, -0.2) is 0 Å². The highest BCUT2D eigenvalue weighted by Gasteiger charge is 2.11. The third-order valence-corrected chi connectivity index (χ3v) is 3.84. The van der Waals surface area contributed by atoms with E-state index in [4.69, 9.17) is 0 Å². The summed E-state index contributed by atoms with van der Waals surface area (Å²) in [7, 11) is -5.01. The molecule has 0 bridgehead atoms. The van der Waals surface area contributed by atoms with E-state index >= 15 is 0 Å². The van der Waals surface area contributed by atoms with Gasteiger partial charge in [0.15, 0.2) is 0 Å². The van der Waals surface area contributed by atoms with Crippen LogP contribution in [0.5, 0.6) is 11.5 Å². The first-order valence-corrected chi connectivity index (χ1v) is 8.90. The molecule has 0 saturated carbocycles. The molecule has 1 N–H and O–H groups in total.